The third-order valence-corrected chi connectivity index (χ3v) is 5.32. The Morgan fingerprint density at radius 2 is 1.94 bits per heavy atom. The van der Waals surface area contributed by atoms with Gasteiger partial charge in [-0.1, -0.05) is 60.9 Å². The maximum atomic E-state index is 13.2. The second kappa shape index (κ2) is 11.6. The van der Waals surface area contributed by atoms with Crippen LogP contribution >= 0.6 is 11.6 Å². The molecule has 0 aromatic heterocycles. The number of nitrogens with zero attached hydrogens (tertiary/aromatic N) is 2. The molecule has 1 aliphatic rings. The summed E-state index contributed by atoms with van der Waals surface area (Å²) >= 11 is 6.36. The molecule has 2 aromatic rings. The van der Waals surface area contributed by atoms with Gasteiger partial charge in [0, 0.05) is 37.7 Å². The fourth-order valence-electron chi connectivity index (χ4n) is 3.49. The van der Waals surface area contributed by atoms with Gasteiger partial charge in [0.05, 0.1) is 18.4 Å². The second-order valence-electron chi connectivity index (χ2n) is 8.35. The number of oxime groups is 1. The first-order chi connectivity index (χ1) is 14.9. The zero-order valence-corrected chi connectivity index (χ0v) is 18.8. The quantitative estimate of drug-likeness (QED) is 0.549. The number of rotatable bonds is 11. The predicted molar refractivity (Wildman–Crippen MR) is 121 cm³/mol. The Bertz CT molecular complexity index is 860. The van der Waals surface area contributed by atoms with Crippen LogP contribution in [0.3, 0.4) is 0 Å². The number of hydrogen-bond donors (Lipinski definition) is 1. The minimum Gasteiger partial charge on any atom is -0.390 e. The van der Waals surface area contributed by atoms with E-state index in [2.05, 4.69) is 23.9 Å². The van der Waals surface area contributed by atoms with Crippen LogP contribution in [0.4, 0.5) is 4.39 Å². The summed E-state index contributed by atoms with van der Waals surface area (Å²) in [6, 6.07) is 13.9. The summed E-state index contributed by atoms with van der Waals surface area (Å²) in [5.74, 6) is 0.139. The third kappa shape index (κ3) is 7.58. The highest BCUT2D eigenvalue weighted by Gasteiger charge is 2.26. The Morgan fingerprint density at radius 1 is 1.19 bits per heavy atom. The molecule has 1 heterocycles. The Morgan fingerprint density at radius 3 is 2.65 bits per heavy atom. The van der Waals surface area contributed by atoms with Crippen molar-refractivity contribution in [3.8, 4) is 0 Å². The lowest BCUT2D eigenvalue weighted by Gasteiger charge is -2.27. The minimum atomic E-state index is -0.625. The molecular formula is C24H30ClFN2O3. The topological polar surface area (TPSA) is 54.3 Å². The summed E-state index contributed by atoms with van der Waals surface area (Å²) in [6.07, 6.45) is -0.170. The fourth-order valence-corrected chi connectivity index (χ4v) is 3.68. The number of halogens is 2. The summed E-state index contributed by atoms with van der Waals surface area (Å²) < 4.78 is 18.8. The number of aliphatic hydroxyl groups excluding tert-OH is 1. The molecule has 5 nitrogen and oxygen atoms in total. The molecule has 7 heteroatoms. The summed E-state index contributed by atoms with van der Waals surface area (Å²) in [6.45, 7) is 6.61. The number of benzene rings is 2. The normalized spacial score (nSPS) is 17.1. The van der Waals surface area contributed by atoms with Crippen molar-refractivity contribution >= 4 is 17.3 Å². The third-order valence-electron chi connectivity index (χ3n) is 4.95. The van der Waals surface area contributed by atoms with Crippen molar-refractivity contribution in [1.82, 2.24) is 4.90 Å². The highest BCUT2D eigenvalue weighted by Crippen LogP contribution is 2.21. The number of ether oxygens (including phenoxy) is 1. The van der Waals surface area contributed by atoms with Crippen LogP contribution in [0, 0.1) is 11.7 Å². The van der Waals surface area contributed by atoms with E-state index in [1.54, 1.807) is 12.1 Å². The number of aliphatic hydroxyl groups is 1. The van der Waals surface area contributed by atoms with E-state index in [-0.39, 0.29) is 18.5 Å². The van der Waals surface area contributed by atoms with Gasteiger partial charge in [-0.25, -0.2) is 4.39 Å². The van der Waals surface area contributed by atoms with E-state index in [1.807, 2.05) is 24.3 Å². The molecule has 168 valence electrons. The Kier molecular flexibility index (Phi) is 8.84. The maximum Gasteiger partial charge on any atom is 0.145 e. The van der Waals surface area contributed by atoms with Crippen molar-refractivity contribution in [2.75, 3.05) is 26.3 Å². The second-order valence-corrected chi connectivity index (χ2v) is 8.75. The van der Waals surface area contributed by atoms with Gasteiger partial charge in [0.25, 0.3) is 0 Å². The molecule has 1 aliphatic heterocycles. The molecule has 3 rings (SSSR count). The molecule has 2 unspecified atom stereocenters. The molecule has 0 fully saturated rings. The average molecular weight is 449 g/mol. The first-order valence-corrected chi connectivity index (χ1v) is 11.0. The first-order valence-electron chi connectivity index (χ1n) is 10.6. The van der Waals surface area contributed by atoms with Crippen molar-refractivity contribution in [2.24, 2.45) is 11.1 Å². The zero-order chi connectivity index (χ0) is 22.2. The molecule has 0 bridgehead atoms. The lowest BCUT2D eigenvalue weighted by molar-refractivity contribution is -0.00734. The van der Waals surface area contributed by atoms with Gasteiger partial charge in [0.15, 0.2) is 0 Å². The lowest BCUT2D eigenvalue weighted by Crippen LogP contribution is -2.39. The van der Waals surface area contributed by atoms with E-state index < -0.39 is 6.10 Å². The SMILES string of the molecule is CC(C)COCC(O)CN(Cc1ccccc1Cl)CC1CC(c2ccc(F)cc2)=NO1. The van der Waals surface area contributed by atoms with Crippen LogP contribution in [0.15, 0.2) is 53.7 Å². The van der Waals surface area contributed by atoms with Crippen molar-refractivity contribution < 1.29 is 19.1 Å². The monoisotopic (exact) mass is 448 g/mol. The molecule has 1 N–H and O–H groups in total. The molecule has 2 aromatic carbocycles. The van der Waals surface area contributed by atoms with E-state index in [4.69, 9.17) is 21.2 Å². The summed E-state index contributed by atoms with van der Waals surface area (Å²) in [5.41, 5.74) is 2.63. The van der Waals surface area contributed by atoms with Crippen LogP contribution in [-0.2, 0) is 16.1 Å². The molecule has 0 saturated heterocycles. The Balaban J connectivity index is 1.61. The first kappa shape index (κ1) is 23.7. The van der Waals surface area contributed by atoms with Gasteiger partial charge in [-0.05, 0) is 35.2 Å². The van der Waals surface area contributed by atoms with Crippen LogP contribution < -0.4 is 0 Å². The molecule has 0 aliphatic carbocycles. The Labute approximate surface area is 188 Å². The van der Waals surface area contributed by atoms with Crippen molar-refractivity contribution in [1.29, 1.82) is 0 Å². The van der Waals surface area contributed by atoms with E-state index in [0.717, 1.165) is 16.8 Å². The standard InChI is InChI=1S/C24H30ClFN2O3/c1-17(2)15-30-16-21(29)13-28(12-19-5-3-4-6-23(19)25)14-22-11-24(27-31-22)18-7-9-20(26)10-8-18/h3-10,17,21-22,29H,11-16H2,1-2H3. The van der Waals surface area contributed by atoms with Gasteiger partial charge in [-0.3, -0.25) is 4.90 Å². The van der Waals surface area contributed by atoms with Crippen LogP contribution in [-0.4, -0.2) is 54.2 Å². The molecule has 31 heavy (non-hydrogen) atoms. The van der Waals surface area contributed by atoms with Crippen molar-refractivity contribution in [2.45, 2.75) is 39.0 Å². The zero-order valence-electron chi connectivity index (χ0n) is 18.0. The Hall–Kier alpha value is -1.99. The average Bonchev–Trinajstić information content (AvgIpc) is 3.18. The molecule has 0 saturated carbocycles. The molecular weight excluding hydrogens is 419 g/mol. The van der Waals surface area contributed by atoms with Gasteiger partial charge >= 0.3 is 0 Å². The largest absolute Gasteiger partial charge is 0.390 e. The summed E-state index contributed by atoms with van der Waals surface area (Å²) in [7, 11) is 0. The highest BCUT2D eigenvalue weighted by molar-refractivity contribution is 6.31. The smallest absolute Gasteiger partial charge is 0.145 e. The summed E-state index contributed by atoms with van der Waals surface area (Å²) in [4.78, 5) is 7.76. The van der Waals surface area contributed by atoms with Crippen LogP contribution in [0.1, 0.15) is 31.4 Å². The van der Waals surface area contributed by atoms with Crippen molar-refractivity contribution in [3.63, 3.8) is 0 Å². The van der Waals surface area contributed by atoms with Crippen molar-refractivity contribution in [3.05, 3.63) is 70.5 Å². The number of hydrogen-bond acceptors (Lipinski definition) is 5. The predicted octanol–water partition coefficient (Wildman–Crippen LogP) is 4.51. The lowest BCUT2D eigenvalue weighted by atomic mass is 10.0. The minimum absolute atomic E-state index is 0.161. The van der Waals surface area contributed by atoms with Gasteiger partial charge < -0.3 is 14.7 Å². The molecule has 0 spiro atoms. The van der Waals surface area contributed by atoms with E-state index in [0.29, 0.717) is 43.6 Å². The van der Waals surface area contributed by atoms with Crippen LogP contribution in [0.2, 0.25) is 5.02 Å². The molecule has 0 radical (unpaired) electrons. The summed E-state index contributed by atoms with van der Waals surface area (Å²) in [5, 5.41) is 15.4. The van der Waals surface area contributed by atoms with E-state index >= 15 is 0 Å². The van der Waals surface area contributed by atoms with Crippen LogP contribution in [0.5, 0.6) is 0 Å². The maximum absolute atomic E-state index is 13.2. The van der Waals surface area contributed by atoms with Gasteiger partial charge in [-0.15, -0.1) is 0 Å². The molecule has 0 amide bonds. The van der Waals surface area contributed by atoms with Gasteiger partial charge in [0.2, 0.25) is 0 Å². The van der Waals surface area contributed by atoms with E-state index in [1.165, 1.54) is 12.1 Å². The van der Waals surface area contributed by atoms with Gasteiger partial charge in [-0.2, -0.15) is 0 Å². The fraction of sp³-hybridized carbons (Fsp3) is 0.458. The van der Waals surface area contributed by atoms with Gasteiger partial charge in [0.1, 0.15) is 11.9 Å². The highest BCUT2D eigenvalue weighted by atomic mass is 35.5. The van der Waals surface area contributed by atoms with Crippen LogP contribution in [0.25, 0.3) is 0 Å². The van der Waals surface area contributed by atoms with E-state index in [9.17, 15) is 9.50 Å². The molecule has 2 atom stereocenters.